The number of hydrogen-bond donors (Lipinski definition) is 1. The summed E-state index contributed by atoms with van der Waals surface area (Å²) >= 11 is 0. The summed E-state index contributed by atoms with van der Waals surface area (Å²) < 4.78 is 3.06. The molecule has 1 fully saturated rings. The van der Waals surface area contributed by atoms with Gasteiger partial charge in [0, 0.05) is 38.4 Å². The van der Waals surface area contributed by atoms with Crippen molar-refractivity contribution in [2.75, 3.05) is 23.3 Å². The smallest absolute Gasteiger partial charge is 0.267 e. The van der Waals surface area contributed by atoms with Gasteiger partial charge >= 0.3 is 0 Å². The lowest BCUT2D eigenvalue weighted by molar-refractivity contribution is 0.450. The average Bonchev–Trinajstić information content (AvgIpc) is 2.76. The lowest BCUT2D eigenvalue weighted by Gasteiger charge is -2.37. The third-order valence-electron chi connectivity index (χ3n) is 5.60. The van der Waals surface area contributed by atoms with Gasteiger partial charge in [0.15, 0.2) is 0 Å². The molecule has 1 saturated heterocycles. The van der Waals surface area contributed by atoms with Crippen molar-refractivity contribution in [2.24, 2.45) is 7.05 Å². The van der Waals surface area contributed by atoms with Crippen LogP contribution in [0.1, 0.15) is 39.2 Å². The zero-order chi connectivity index (χ0) is 21.3. The highest BCUT2D eigenvalue weighted by atomic mass is 16.1. The van der Waals surface area contributed by atoms with Crippen LogP contribution < -0.4 is 21.3 Å². The predicted molar refractivity (Wildman–Crippen MR) is 117 cm³/mol. The van der Waals surface area contributed by atoms with Crippen molar-refractivity contribution in [1.29, 1.82) is 0 Å². The molecule has 0 amide bonds. The molecule has 9 heteroatoms. The Morgan fingerprint density at radius 2 is 2.03 bits per heavy atom. The largest absolute Gasteiger partial charge is 0.353 e. The zero-order valence-electron chi connectivity index (χ0n) is 17.6. The highest BCUT2D eigenvalue weighted by Gasteiger charge is 2.25. The van der Waals surface area contributed by atoms with Crippen LogP contribution in [-0.4, -0.2) is 43.4 Å². The first-order valence-electron chi connectivity index (χ1n) is 10.4. The fourth-order valence-corrected chi connectivity index (χ4v) is 3.94. The summed E-state index contributed by atoms with van der Waals surface area (Å²) in [5.41, 5.74) is 0.384. The molecule has 0 aromatic carbocycles. The third-order valence-corrected chi connectivity index (χ3v) is 5.60. The van der Waals surface area contributed by atoms with Gasteiger partial charge in [0.05, 0.1) is 23.1 Å². The van der Waals surface area contributed by atoms with Crippen LogP contribution in [0, 0.1) is 0 Å². The molecule has 9 nitrogen and oxygen atoms in total. The molecule has 0 spiro atoms. The summed E-state index contributed by atoms with van der Waals surface area (Å²) in [5.74, 6) is 1.32. The molecule has 0 radical (unpaired) electrons. The van der Waals surface area contributed by atoms with Crippen LogP contribution in [0.5, 0.6) is 0 Å². The van der Waals surface area contributed by atoms with E-state index in [9.17, 15) is 9.59 Å². The monoisotopic (exact) mass is 409 g/mol. The quantitative estimate of drug-likeness (QED) is 0.688. The number of nitrogens with zero attached hydrogens (tertiary/aromatic N) is 6. The lowest BCUT2D eigenvalue weighted by atomic mass is 10.0. The fraction of sp³-hybridized carbons (Fsp3) is 0.476. The van der Waals surface area contributed by atoms with Crippen LogP contribution in [0.3, 0.4) is 0 Å². The van der Waals surface area contributed by atoms with E-state index in [2.05, 4.69) is 25.3 Å². The van der Waals surface area contributed by atoms with Gasteiger partial charge in [-0.3, -0.25) is 19.1 Å². The minimum absolute atomic E-state index is 0.00347. The molecule has 1 unspecified atom stereocenters. The number of rotatable bonds is 5. The molecule has 1 N–H and O–H groups in total. The van der Waals surface area contributed by atoms with Gasteiger partial charge in [-0.25, -0.2) is 9.67 Å². The van der Waals surface area contributed by atoms with Gasteiger partial charge in [-0.1, -0.05) is 0 Å². The van der Waals surface area contributed by atoms with Crippen molar-refractivity contribution < 1.29 is 0 Å². The molecule has 1 atom stereocenters. The molecule has 30 heavy (non-hydrogen) atoms. The van der Waals surface area contributed by atoms with Crippen molar-refractivity contribution >= 4 is 22.7 Å². The summed E-state index contributed by atoms with van der Waals surface area (Å²) in [5, 5.41) is 8.50. The minimum atomic E-state index is -0.101. The molecule has 1 aliphatic rings. The molecule has 1 aliphatic heterocycles. The van der Waals surface area contributed by atoms with Gasteiger partial charge < -0.3 is 10.2 Å². The van der Waals surface area contributed by atoms with Gasteiger partial charge in [0.1, 0.15) is 5.82 Å². The molecule has 0 aliphatic carbocycles. The van der Waals surface area contributed by atoms with Crippen LogP contribution >= 0.6 is 0 Å². The summed E-state index contributed by atoms with van der Waals surface area (Å²) in [7, 11) is 1.72. The Bertz CT molecular complexity index is 1170. The number of anilines is 2. The summed E-state index contributed by atoms with van der Waals surface area (Å²) in [6.45, 7) is 5.40. The standard InChI is InChI=1S/C21H27N7O2/c1-14(2)28-19(29)8-7-18(25-28)27-11-5-4-6-15(27)12-23-21-24-17-13-22-10-9-16(17)20(30)26(21)3/h7-10,13-15H,4-6,11-12H2,1-3H3,(H,23,24). The number of fused-ring (bicyclic) bond motifs is 1. The Kier molecular flexibility index (Phi) is 5.52. The van der Waals surface area contributed by atoms with Crippen LogP contribution in [0.4, 0.5) is 11.8 Å². The van der Waals surface area contributed by atoms with Crippen molar-refractivity contribution in [3.8, 4) is 0 Å². The summed E-state index contributed by atoms with van der Waals surface area (Å²) in [6.07, 6.45) is 6.41. The minimum Gasteiger partial charge on any atom is -0.353 e. The molecule has 4 heterocycles. The van der Waals surface area contributed by atoms with Crippen LogP contribution in [0.2, 0.25) is 0 Å². The van der Waals surface area contributed by atoms with Gasteiger partial charge in [0.25, 0.3) is 11.1 Å². The van der Waals surface area contributed by atoms with E-state index in [1.165, 1.54) is 9.25 Å². The number of nitrogens with one attached hydrogen (secondary N) is 1. The van der Waals surface area contributed by atoms with E-state index < -0.39 is 0 Å². The number of aromatic nitrogens is 5. The van der Waals surface area contributed by atoms with Gasteiger partial charge in [-0.2, -0.15) is 5.10 Å². The SMILES string of the molecule is CC(C)n1nc(N2CCCCC2CNc2nc3cnccc3c(=O)n2C)ccc1=O. The summed E-state index contributed by atoms with van der Waals surface area (Å²) in [4.78, 5) is 35.6. The third kappa shape index (κ3) is 3.79. The highest BCUT2D eigenvalue weighted by Crippen LogP contribution is 2.23. The topological polar surface area (TPSA) is 97.9 Å². The van der Waals surface area contributed by atoms with Crippen LogP contribution in [-0.2, 0) is 7.05 Å². The van der Waals surface area contributed by atoms with Crippen molar-refractivity contribution in [3.05, 3.63) is 51.3 Å². The Morgan fingerprint density at radius 1 is 1.20 bits per heavy atom. The van der Waals surface area contributed by atoms with E-state index in [-0.39, 0.29) is 23.2 Å². The maximum atomic E-state index is 12.6. The molecule has 3 aromatic rings. The van der Waals surface area contributed by atoms with E-state index in [1.807, 2.05) is 13.8 Å². The number of piperidine rings is 1. The van der Waals surface area contributed by atoms with E-state index in [4.69, 9.17) is 0 Å². The fourth-order valence-electron chi connectivity index (χ4n) is 3.94. The van der Waals surface area contributed by atoms with E-state index >= 15 is 0 Å². The van der Waals surface area contributed by atoms with Crippen molar-refractivity contribution in [2.45, 2.75) is 45.2 Å². The van der Waals surface area contributed by atoms with Gasteiger partial charge in [0.2, 0.25) is 5.95 Å². The van der Waals surface area contributed by atoms with E-state index in [0.29, 0.717) is 23.4 Å². The Morgan fingerprint density at radius 3 is 2.83 bits per heavy atom. The van der Waals surface area contributed by atoms with E-state index in [0.717, 1.165) is 31.6 Å². The number of hydrogen-bond acceptors (Lipinski definition) is 7. The molecular formula is C21H27N7O2. The summed E-state index contributed by atoms with van der Waals surface area (Å²) in [6, 6.07) is 5.26. The molecule has 158 valence electrons. The van der Waals surface area contributed by atoms with Crippen molar-refractivity contribution in [1.82, 2.24) is 24.3 Å². The average molecular weight is 409 g/mol. The molecule has 0 saturated carbocycles. The first-order chi connectivity index (χ1) is 14.5. The predicted octanol–water partition coefficient (Wildman–Crippen LogP) is 1.94. The molecule has 3 aromatic heterocycles. The maximum absolute atomic E-state index is 12.6. The normalized spacial score (nSPS) is 16.9. The number of pyridine rings is 1. The van der Waals surface area contributed by atoms with Crippen molar-refractivity contribution in [3.63, 3.8) is 0 Å². The second-order valence-corrected chi connectivity index (χ2v) is 7.98. The zero-order valence-corrected chi connectivity index (χ0v) is 17.6. The van der Waals surface area contributed by atoms with Crippen LogP contribution in [0.15, 0.2) is 40.2 Å². The van der Waals surface area contributed by atoms with E-state index in [1.54, 1.807) is 37.6 Å². The van der Waals surface area contributed by atoms with Gasteiger partial charge in [-0.15, -0.1) is 0 Å². The van der Waals surface area contributed by atoms with Crippen LogP contribution in [0.25, 0.3) is 10.9 Å². The molecular weight excluding hydrogens is 382 g/mol. The Balaban J connectivity index is 1.59. The molecule has 0 bridgehead atoms. The second kappa shape index (κ2) is 8.25. The lowest BCUT2D eigenvalue weighted by Crippen LogP contribution is -2.45. The Labute approximate surface area is 174 Å². The molecule has 4 rings (SSSR count). The highest BCUT2D eigenvalue weighted by molar-refractivity contribution is 5.77. The first-order valence-corrected chi connectivity index (χ1v) is 10.4. The van der Waals surface area contributed by atoms with Gasteiger partial charge in [-0.05, 0) is 45.2 Å². The Hall–Kier alpha value is -3.23. The second-order valence-electron chi connectivity index (χ2n) is 7.98. The maximum Gasteiger partial charge on any atom is 0.267 e. The first kappa shape index (κ1) is 20.1.